The van der Waals surface area contributed by atoms with Crippen molar-refractivity contribution >= 4 is 17.5 Å². The molecule has 3 rings (SSSR count). The molecule has 1 N–H and O–H groups in total. The van der Waals surface area contributed by atoms with Crippen molar-refractivity contribution in [2.24, 2.45) is 0 Å². The molecule has 21 heavy (non-hydrogen) atoms. The van der Waals surface area contributed by atoms with Crippen molar-refractivity contribution in [1.82, 2.24) is 9.97 Å². The number of aromatic nitrogens is 2. The maximum absolute atomic E-state index is 5.38. The Balaban J connectivity index is 1.83. The van der Waals surface area contributed by atoms with Crippen molar-refractivity contribution < 1.29 is 4.74 Å². The van der Waals surface area contributed by atoms with Crippen LogP contribution in [0.3, 0.4) is 0 Å². The van der Waals surface area contributed by atoms with Crippen LogP contribution < -0.4 is 10.2 Å². The molecule has 0 spiro atoms. The standard InChI is InChI=1S/C16H20N4O/c1-12-4-3-5-14(10-12)18-15-11-13(2)17-16(19-15)20-6-8-21-9-7-20/h3-5,10-11H,6-9H2,1-2H3,(H,17,18,19). The zero-order valence-electron chi connectivity index (χ0n) is 12.5. The van der Waals surface area contributed by atoms with Crippen molar-refractivity contribution in [2.45, 2.75) is 13.8 Å². The lowest BCUT2D eigenvalue weighted by molar-refractivity contribution is 0.122. The lowest BCUT2D eigenvalue weighted by Gasteiger charge is -2.27. The number of benzene rings is 1. The molecule has 1 aromatic heterocycles. The van der Waals surface area contributed by atoms with E-state index in [-0.39, 0.29) is 0 Å². The van der Waals surface area contributed by atoms with E-state index in [2.05, 4.69) is 39.2 Å². The summed E-state index contributed by atoms with van der Waals surface area (Å²) in [6.07, 6.45) is 0. The molecule has 1 fully saturated rings. The second-order valence-electron chi connectivity index (χ2n) is 5.29. The molecule has 0 bridgehead atoms. The van der Waals surface area contributed by atoms with Crippen LogP contribution >= 0.6 is 0 Å². The zero-order valence-corrected chi connectivity index (χ0v) is 12.5. The van der Waals surface area contributed by atoms with E-state index in [0.717, 1.165) is 49.5 Å². The van der Waals surface area contributed by atoms with E-state index < -0.39 is 0 Å². The Kier molecular flexibility index (Phi) is 4.01. The number of anilines is 3. The molecule has 2 aromatic rings. The number of hydrogen-bond donors (Lipinski definition) is 1. The summed E-state index contributed by atoms with van der Waals surface area (Å²) in [6.45, 7) is 7.22. The minimum Gasteiger partial charge on any atom is -0.378 e. The Hall–Kier alpha value is -2.14. The van der Waals surface area contributed by atoms with Crippen molar-refractivity contribution in [3.8, 4) is 0 Å². The number of rotatable bonds is 3. The predicted molar refractivity (Wildman–Crippen MR) is 84.3 cm³/mol. The van der Waals surface area contributed by atoms with Crippen LogP contribution in [0.25, 0.3) is 0 Å². The number of aryl methyl sites for hydroxylation is 2. The Morgan fingerprint density at radius 2 is 1.90 bits per heavy atom. The van der Waals surface area contributed by atoms with Gasteiger partial charge in [-0.2, -0.15) is 4.98 Å². The molecule has 0 aliphatic carbocycles. The van der Waals surface area contributed by atoms with E-state index in [1.165, 1.54) is 5.56 Å². The molecule has 0 amide bonds. The second-order valence-corrected chi connectivity index (χ2v) is 5.29. The fraction of sp³-hybridized carbons (Fsp3) is 0.375. The summed E-state index contributed by atoms with van der Waals surface area (Å²) >= 11 is 0. The van der Waals surface area contributed by atoms with Crippen LogP contribution in [-0.2, 0) is 4.74 Å². The van der Waals surface area contributed by atoms with E-state index >= 15 is 0 Å². The summed E-state index contributed by atoms with van der Waals surface area (Å²) < 4.78 is 5.38. The number of morpholine rings is 1. The molecule has 1 aliphatic rings. The molecule has 0 unspecified atom stereocenters. The fourth-order valence-electron chi connectivity index (χ4n) is 2.39. The van der Waals surface area contributed by atoms with Gasteiger partial charge in [0.15, 0.2) is 0 Å². The summed E-state index contributed by atoms with van der Waals surface area (Å²) in [5.41, 5.74) is 3.22. The normalized spacial score (nSPS) is 15.0. The monoisotopic (exact) mass is 284 g/mol. The van der Waals surface area contributed by atoms with Gasteiger partial charge in [0, 0.05) is 30.5 Å². The predicted octanol–water partition coefficient (Wildman–Crippen LogP) is 2.67. The lowest BCUT2D eigenvalue weighted by atomic mass is 10.2. The molecule has 1 saturated heterocycles. The third-order valence-corrected chi connectivity index (χ3v) is 3.43. The van der Waals surface area contributed by atoms with E-state index in [9.17, 15) is 0 Å². The van der Waals surface area contributed by atoms with Gasteiger partial charge in [0.05, 0.1) is 13.2 Å². The topological polar surface area (TPSA) is 50.3 Å². The summed E-state index contributed by atoms with van der Waals surface area (Å²) in [5.74, 6) is 1.60. The Labute approximate surface area is 125 Å². The zero-order chi connectivity index (χ0) is 14.7. The third kappa shape index (κ3) is 3.49. The van der Waals surface area contributed by atoms with E-state index in [4.69, 9.17) is 4.74 Å². The molecule has 5 heteroatoms. The Morgan fingerprint density at radius 3 is 2.67 bits per heavy atom. The molecule has 0 atom stereocenters. The molecule has 1 aliphatic heterocycles. The smallest absolute Gasteiger partial charge is 0.227 e. The highest BCUT2D eigenvalue weighted by Crippen LogP contribution is 2.19. The second kappa shape index (κ2) is 6.10. The molecule has 5 nitrogen and oxygen atoms in total. The molecule has 110 valence electrons. The van der Waals surface area contributed by atoms with E-state index in [1.54, 1.807) is 0 Å². The van der Waals surface area contributed by atoms with Crippen molar-refractivity contribution in [2.75, 3.05) is 36.5 Å². The maximum atomic E-state index is 5.38. The highest BCUT2D eigenvalue weighted by molar-refractivity contribution is 5.58. The van der Waals surface area contributed by atoms with Gasteiger partial charge >= 0.3 is 0 Å². The van der Waals surface area contributed by atoms with Gasteiger partial charge in [0.1, 0.15) is 5.82 Å². The van der Waals surface area contributed by atoms with Gasteiger partial charge in [-0.25, -0.2) is 4.98 Å². The van der Waals surface area contributed by atoms with E-state index in [0.29, 0.717) is 0 Å². The molecule has 1 aromatic carbocycles. The molecule has 2 heterocycles. The lowest BCUT2D eigenvalue weighted by Crippen LogP contribution is -2.37. The Bertz CT molecular complexity index is 623. The summed E-state index contributed by atoms with van der Waals surface area (Å²) in [6, 6.07) is 10.2. The van der Waals surface area contributed by atoms with Gasteiger partial charge < -0.3 is 15.0 Å². The van der Waals surface area contributed by atoms with Gasteiger partial charge in [-0.05, 0) is 31.5 Å². The largest absolute Gasteiger partial charge is 0.378 e. The van der Waals surface area contributed by atoms with Crippen LogP contribution in [-0.4, -0.2) is 36.3 Å². The minimum absolute atomic E-state index is 0.734. The van der Waals surface area contributed by atoms with Gasteiger partial charge in [0.2, 0.25) is 5.95 Å². The third-order valence-electron chi connectivity index (χ3n) is 3.43. The highest BCUT2D eigenvalue weighted by atomic mass is 16.5. The average molecular weight is 284 g/mol. The number of hydrogen-bond acceptors (Lipinski definition) is 5. The Morgan fingerprint density at radius 1 is 1.10 bits per heavy atom. The first-order valence-corrected chi connectivity index (χ1v) is 7.23. The maximum Gasteiger partial charge on any atom is 0.227 e. The van der Waals surface area contributed by atoms with Gasteiger partial charge in [0.25, 0.3) is 0 Å². The van der Waals surface area contributed by atoms with Crippen molar-refractivity contribution in [1.29, 1.82) is 0 Å². The van der Waals surface area contributed by atoms with E-state index in [1.807, 2.05) is 25.1 Å². The first kappa shape index (κ1) is 13.8. The molecular formula is C16H20N4O. The first-order valence-electron chi connectivity index (χ1n) is 7.23. The number of nitrogens with one attached hydrogen (secondary N) is 1. The molecule has 0 saturated carbocycles. The van der Waals surface area contributed by atoms with Gasteiger partial charge in [-0.3, -0.25) is 0 Å². The number of nitrogens with zero attached hydrogens (tertiary/aromatic N) is 3. The SMILES string of the molecule is Cc1cccc(Nc2cc(C)nc(N3CCOCC3)n2)c1. The van der Waals surface area contributed by atoms with Crippen LogP contribution in [0.2, 0.25) is 0 Å². The highest BCUT2D eigenvalue weighted by Gasteiger charge is 2.15. The van der Waals surface area contributed by atoms with Gasteiger partial charge in [-0.15, -0.1) is 0 Å². The summed E-state index contributed by atoms with van der Waals surface area (Å²) in [5, 5.41) is 3.36. The molecule has 0 radical (unpaired) electrons. The van der Waals surface area contributed by atoms with Crippen LogP contribution in [0.15, 0.2) is 30.3 Å². The van der Waals surface area contributed by atoms with Crippen LogP contribution in [0, 0.1) is 13.8 Å². The average Bonchev–Trinajstić information content (AvgIpc) is 2.47. The first-order chi connectivity index (χ1) is 10.2. The minimum atomic E-state index is 0.734. The van der Waals surface area contributed by atoms with Crippen molar-refractivity contribution in [3.63, 3.8) is 0 Å². The number of ether oxygens (including phenoxy) is 1. The van der Waals surface area contributed by atoms with Gasteiger partial charge in [-0.1, -0.05) is 12.1 Å². The van der Waals surface area contributed by atoms with Crippen LogP contribution in [0.5, 0.6) is 0 Å². The summed E-state index contributed by atoms with van der Waals surface area (Å²) in [4.78, 5) is 11.3. The quantitative estimate of drug-likeness (QED) is 0.939. The van der Waals surface area contributed by atoms with Crippen LogP contribution in [0.4, 0.5) is 17.5 Å². The fourth-order valence-corrected chi connectivity index (χ4v) is 2.39. The summed E-state index contributed by atoms with van der Waals surface area (Å²) in [7, 11) is 0. The molecular weight excluding hydrogens is 264 g/mol. The van der Waals surface area contributed by atoms with Crippen LogP contribution in [0.1, 0.15) is 11.3 Å². The van der Waals surface area contributed by atoms with Crippen molar-refractivity contribution in [3.05, 3.63) is 41.6 Å².